The van der Waals surface area contributed by atoms with Gasteiger partial charge in [0.15, 0.2) is 0 Å². The Kier molecular flexibility index (Phi) is 4.20. The zero-order valence-electron chi connectivity index (χ0n) is 11.0. The lowest BCUT2D eigenvalue weighted by Crippen LogP contribution is -2.36. The van der Waals surface area contributed by atoms with Crippen molar-refractivity contribution in [2.45, 2.75) is 12.5 Å². The van der Waals surface area contributed by atoms with E-state index < -0.39 is 5.60 Å². The molecule has 0 aliphatic carbocycles. The van der Waals surface area contributed by atoms with Crippen molar-refractivity contribution < 1.29 is 9.84 Å². The first-order valence-corrected chi connectivity index (χ1v) is 6.42. The molecule has 19 heavy (non-hydrogen) atoms. The van der Waals surface area contributed by atoms with Crippen LogP contribution in [0.5, 0.6) is 5.75 Å². The minimum absolute atomic E-state index is 0.118. The summed E-state index contributed by atoms with van der Waals surface area (Å²) in [5.41, 5.74) is 6.14. The Labute approximate surface area is 113 Å². The van der Waals surface area contributed by atoms with Crippen LogP contribution in [0.3, 0.4) is 0 Å². The van der Waals surface area contributed by atoms with E-state index in [1.54, 1.807) is 0 Å². The fraction of sp³-hybridized carbons (Fsp3) is 0.250. The molecule has 0 saturated carbocycles. The van der Waals surface area contributed by atoms with Gasteiger partial charge in [-0.2, -0.15) is 0 Å². The van der Waals surface area contributed by atoms with Crippen molar-refractivity contribution in [2.24, 2.45) is 5.73 Å². The van der Waals surface area contributed by atoms with Crippen LogP contribution < -0.4 is 10.5 Å². The highest BCUT2D eigenvalue weighted by atomic mass is 16.5. The zero-order chi connectivity index (χ0) is 13.7. The normalized spacial score (nSPS) is 13.8. The number of aliphatic hydroxyl groups is 1. The van der Waals surface area contributed by atoms with Crippen molar-refractivity contribution in [3.8, 4) is 5.75 Å². The molecule has 0 saturated heterocycles. The summed E-state index contributed by atoms with van der Waals surface area (Å²) in [6.07, 6.45) is 0. The summed E-state index contributed by atoms with van der Waals surface area (Å²) in [6, 6.07) is 16.9. The monoisotopic (exact) mass is 257 g/mol. The molecule has 0 heterocycles. The first kappa shape index (κ1) is 13.6. The highest BCUT2D eigenvalue weighted by Crippen LogP contribution is 2.30. The molecule has 0 fully saturated rings. The summed E-state index contributed by atoms with van der Waals surface area (Å²) >= 11 is 0. The standard InChI is InChI=1S/C16H19NO2/c1-2-19-15-10-6-9-14(11-15)16(18,12-17)13-7-4-3-5-8-13/h3-11,18H,2,12,17H2,1H3. The lowest BCUT2D eigenvalue weighted by atomic mass is 9.86. The maximum Gasteiger partial charge on any atom is 0.127 e. The topological polar surface area (TPSA) is 55.5 Å². The van der Waals surface area contributed by atoms with Gasteiger partial charge in [0.2, 0.25) is 0 Å². The van der Waals surface area contributed by atoms with Gasteiger partial charge in [0.25, 0.3) is 0 Å². The summed E-state index contributed by atoms with van der Waals surface area (Å²) < 4.78 is 5.47. The molecular formula is C16H19NO2. The molecule has 100 valence electrons. The predicted molar refractivity (Wildman–Crippen MR) is 76.1 cm³/mol. The van der Waals surface area contributed by atoms with E-state index in [2.05, 4.69) is 0 Å². The van der Waals surface area contributed by atoms with E-state index in [9.17, 15) is 5.11 Å². The summed E-state index contributed by atoms with van der Waals surface area (Å²) in [7, 11) is 0. The second-order valence-electron chi connectivity index (χ2n) is 4.39. The summed E-state index contributed by atoms with van der Waals surface area (Å²) in [6.45, 7) is 2.64. The van der Waals surface area contributed by atoms with E-state index in [1.165, 1.54) is 0 Å². The van der Waals surface area contributed by atoms with Gasteiger partial charge in [-0.1, -0.05) is 42.5 Å². The third-order valence-electron chi connectivity index (χ3n) is 3.17. The minimum atomic E-state index is -1.19. The first-order valence-electron chi connectivity index (χ1n) is 6.42. The van der Waals surface area contributed by atoms with Crippen LogP contribution in [0.25, 0.3) is 0 Å². The fourth-order valence-corrected chi connectivity index (χ4v) is 2.13. The van der Waals surface area contributed by atoms with Crippen LogP contribution in [0.15, 0.2) is 54.6 Å². The van der Waals surface area contributed by atoms with Gasteiger partial charge in [0, 0.05) is 6.54 Å². The van der Waals surface area contributed by atoms with Gasteiger partial charge < -0.3 is 15.6 Å². The minimum Gasteiger partial charge on any atom is -0.494 e. The van der Waals surface area contributed by atoms with E-state index in [0.29, 0.717) is 6.61 Å². The number of hydrogen-bond donors (Lipinski definition) is 2. The largest absolute Gasteiger partial charge is 0.494 e. The van der Waals surface area contributed by atoms with Crippen molar-refractivity contribution in [1.82, 2.24) is 0 Å². The average molecular weight is 257 g/mol. The second kappa shape index (κ2) is 5.87. The Hall–Kier alpha value is -1.84. The van der Waals surface area contributed by atoms with Gasteiger partial charge in [0.1, 0.15) is 11.4 Å². The Morgan fingerprint density at radius 1 is 1.05 bits per heavy atom. The molecule has 1 atom stereocenters. The van der Waals surface area contributed by atoms with Gasteiger partial charge in [-0.05, 0) is 30.2 Å². The molecule has 3 N–H and O–H groups in total. The van der Waals surface area contributed by atoms with Crippen LogP contribution >= 0.6 is 0 Å². The molecule has 3 nitrogen and oxygen atoms in total. The fourth-order valence-electron chi connectivity index (χ4n) is 2.13. The highest BCUT2D eigenvalue weighted by Gasteiger charge is 2.30. The molecule has 0 aromatic heterocycles. The molecule has 0 amide bonds. The molecule has 0 radical (unpaired) electrons. The van der Waals surface area contributed by atoms with Crippen LogP contribution in [-0.4, -0.2) is 18.3 Å². The maximum absolute atomic E-state index is 10.9. The molecule has 2 rings (SSSR count). The van der Waals surface area contributed by atoms with Crippen molar-refractivity contribution in [3.63, 3.8) is 0 Å². The molecule has 2 aromatic carbocycles. The van der Waals surface area contributed by atoms with Gasteiger partial charge >= 0.3 is 0 Å². The molecular weight excluding hydrogens is 238 g/mol. The Morgan fingerprint density at radius 3 is 2.37 bits per heavy atom. The number of ether oxygens (including phenoxy) is 1. The van der Waals surface area contributed by atoms with Crippen molar-refractivity contribution in [1.29, 1.82) is 0 Å². The number of benzene rings is 2. The van der Waals surface area contributed by atoms with E-state index >= 15 is 0 Å². The van der Waals surface area contributed by atoms with E-state index in [0.717, 1.165) is 16.9 Å². The van der Waals surface area contributed by atoms with Crippen LogP contribution in [0.1, 0.15) is 18.1 Å². The Bertz CT molecular complexity index is 527. The van der Waals surface area contributed by atoms with Crippen molar-refractivity contribution >= 4 is 0 Å². The average Bonchev–Trinajstić information content (AvgIpc) is 2.48. The maximum atomic E-state index is 10.9. The van der Waals surface area contributed by atoms with E-state index in [4.69, 9.17) is 10.5 Å². The van der Waals surface area contributed by atoms with Crippen LogP contribution in [0.2, 0.25) is 0 Å². The van der Waals surface area contributed by atoms with Gasteiger partial charge in [0.05, 0.1) is 6.61 Å². The lowest BCUT2D eigenvalue weighted by Gasteiger charge is -2.28. The Morgan fingerprint density at radius 2 is 1.74 bits per heavy atom. The van der Waals surface area contributed by atoms with E-state index in [1.807, 2.05) is 61.5 Å². The molecule has 0 aliphatic heterocycles. The number of nitrogens with two attached hydrogens (primary N) is 1. The van der Waals surface area contributed by atoms with Crippen LogP contribution in [0.4, 0.5) is 0 Å². The van der Waals surface area contributed by atoms with Gasteiger partial charge in [-0.15, -0.1) is 0 Å². The lowest BCUT2D eigenvalue weighted by molar-refractivity contribution is 0.0899. The zero-order valence-corrected chi connectivity index (χ0v) is 11.0. The third-order valence-corrected chi connectivity index (χ3v) is 3.17. The molecule has 2 aromatic rings. The van der Waals surface area contributed by atoms with Gasteiger partial charge in [-0.25, -0.2) is 0 Å². The second-order valence-corrected chi connectivity index (χ2v) is 4.39. The highest BCUT2D eigenvalue weighted by molar-refractivity contribution is 5.40. The third kappa shape index (κ3) is 2.78. The van der Waals surface area contributed by atoms with E-state index in [-0.39, 0.29) is 6.54 Å². The molecule has 3 heteroatoms. The SMILES string of the molecule is CCOc1cccc(C(O)(CN)c2ccccc2)c1. The van der Waals surface area contributed by atoms with Crippen LogP contribution in [-0.2, 0) is 5.60 Å². The summed E-state index contributed by atoms with van der Waals surface area (Å²) in [4.78, 5) is 0. The number of rotatable bonds is 5. The molecule has 1 unspecified atom stereocenters. The molecule has 0 bridgehead atoms. The van der Waals surface area contributed by atoms with Crippen LogP contribution in [0, 0.1) is 0 Å². The Balaban J connectivity index is 2.44. The quantitative estimate of drug-likeness (QED) is 0.864. The molecule has 0 aliphatic rings. The summed E-state index contributed by atoms with van der Waals surface area (Å²) in [5, 5.41) is 10.9. The molecule has 0 spiro atoms. The number of hydrogen-bond acceptors (Lipinski definition) is 3. The smallest absolute Gasteiger partial charge is 0.127 e. The van der Waals surface area contributed by atoms with Crippen molar-refractivity contribution in [2.75, 3.05) is 13.2 Å². The van der Waals surface area contributed by atoms with Crippen molar-refractivity contribution in [3.05, 3.63) is 65.7 Å². The van der Waals surface area contributed by atoms with Gasteiger partial charge in [-0.3, -0.25) is 0 Å². The summed E-state index contributed by atoms with van der Waals surface area (Å²) in [5.74, 6) is 0.739. The first-order chi connectivity index (χ1) is 9.20. The predicted octanol–water partition coefficient (Wildman–Crippen LogP) is 2.28.